The van der Waals surface area contributed by atoms with E-state index in [-0.39, 0.29) is 37.5 Å². The molecule has 1 aromatic carbocycles. The van der Waals surface area contributed by atoms with Crippen LogP contribution in [0.3, 0.4) is 0 Å². The number of carbonyl (C=O) groups is 3. The molecule has 0 heterocycles. The van der Waals surface area contributed by atoms with Gasteiger partial charge in [-0.25, -0.2) is 4.79 Å². The number of hydrogen-bond acceptors (Lipinski definition) is 6. The lowest BCUT2D eigenvalue weighted by Gasteiger charge is -2.20. The van der Waals surface area contributed by atoms with Crippen LogP contribution in [0.25, 0.3) is 0 Å². The summed E-state index contributed by atoms with van der Waals surface area (Å²) in [5, 5.41) is 12.6. The molecule has 0 bridgehead atoms. The molecule has 0 radical (unpaired) electrons. The Balaban J connectivity index is 2.81. The van der Waals surface area contributed by atoms with Crippen molar-refractivity contribution in [2.45, 2.75) is 59.0 Å². The first-order chi connectivity index (χ1) is 12.5. The number of amides is 1. The Hall–Kier alpha value is -2.57. The van der Waals surface area contributed by atoms with Crippen LogP contribution in [0, 0.1) is 6.92 Å². The Morgan fingerprint density at radius 2 is 1.85 bits per heavy atom. The van der Waals surface area contributed by atoms with Crippen molar-refractivity contribution in [2.24, 2.45) is 0 Å². The second-order valence-corrected chi connectivity index (χ2v) is 7.37. The Labute approximate surface area is 160 Å². The molecule has 0 aliphatic heterocycles. The Bertz CT molecular complexity index is 678. The minimum Gasteiger partial charge on any atom is -0.508 e. The van der Waals surface area contributed by atoms with Gasteiger partial charge in [0.25, 0.3) is 0 Å². The maximum Gasteiger partial charge on any atom is 0.408 e. The van der Waals surface area contributed by atoms with Crippen LogP contribution in [0.2, 0.25) is 0 Å². The SMILES string of the molecule is CCOC(=O)CC(CC(=O)CNC(=O)OC(C)(C)C)c1cc(C)ccc1O. The standard InChI is InChI=1S/C20H29NO6/c1-6-26-18(24)11-14(16-9-13(2)7-8-17(16)23)10-15(22)12-21-19(25)27-20(3,4)5/h7-9,14,23H,6,10-12H2,1-5H3,(H,21,25). The topological polar surface area (TPSA) is 102 Å². The average molecular weight is 379 g/mol. The Kier molecular flexibility index (Phi) is 8.28. The van der Waals surface area contributed by atoms with E-state index < -0.39 is 23.6 Å². The molecule has 1 atom stereocenters. The zero-order chi connectivity index (χ0) is 20.6. The van der Waals surface area contributed by atoms with Crippen molar-refractivity contribution in [3.63, 3.8) is 0 Å². The lowest BCUT2D eigenvalue weighted by molar-refractivity contribution is -0.143. The molecule has 1 amide bonds. The van der Waals surface area contributed by atoms with Gasteiger partial charge in [-0.05, 0) is 46.2 Å². The first kappa shape index (κ1) is 22.5. The molecule has 150 valence electrons. The van der Waals surface area contributed by atoms with E-state index in [0.717, 1.165) is 5.56 Å². The molecule has 0 fully saturated rings. The van der Waals surface area contributed by atoms with E-state index in [4.69, 9.17) is 9.47 Å². The zero-order valence-electron chi connectivity index (χ0n) is 16.6. The highest BCUT2D eigenvalue weighted by molar-refractivity contribution is 5.85. The number of aryl methyl sites for hydroxylation is 1. The first-order valence-corrected chi connectivity index (χ1v) is 8.95. The van der Waals surface area contributed by atoms with Crippen LogP contribution in [0.5, 0.6) is 5.75 Å². The second kappa shape index (κ2) is 9.94. The van der Waals surface area contributed by atoms with E-state index in [2.05, 4.69) is 5.32 Å². The molecule has 0 spiro atoms. The molecule has 1 aromatic rings. The van der Waals surface area contributed by atoms with E-state index in [1.54, 1.807) is 39.8 Å². The zero-order valence-corrected chi connectivity index (χ0v) is 16.6. The van der Waals surface area contributed by atoms with Crippen molar-refractivity contribution in [2.75, 3.05) is 13.2 Å². The molecular weight excluding hydrogens is 350 g/mol. The number of hydrogen-bond donors (Lipinski definition) is 2. The molecule has 0 aliphatic carbocycles. The number of nitrogens with one attached hydrogen (secondary N) is 1. The summed E-state index contributed by atoms with van der Waals surface area (Å²) in [6, 6.07) is 5.02. The van der Waals surface area contributed by atoms with Gasteiger partial charge in [0, 0.05) is 12.3 Å². The number of benzene rings is 1. The summed E-state index contributed by atoms with van der Waals surface area (Å²) in [5.74, 6) is -1.26. The first-order valence-electron chi connectivity index (χ1n) is 8.95. The molecule has 1 rings (SSSR count). The quantitative estimate of drug-likeness (QED) is 0.673. The summed E-state index contributed by atoms with van der Waals surface area (Å²) < 4.78 is 10.1. The van der Waals surface area contributed by atoms with E-state index in [1.165, 1.54) is 6.07 Å². The van der Waals surface area contributed by atoms with Gasteiger partial charge in [-0.2, -0.15) is 0 Å². The fraction of sp³-hybridized carbons (Fsp3) is 0.550. The van der Waals surface area contributed by atoms with Gasteiger partial charge in [0.15, 0.2) is 5.78 Å². The predicted octanol–water partition coefficient (Wildman–Crippen LogP) is 3.22. The van der Waals surface area contributed by atoms with Gasteiger partial charge in [-0.1, -0.05) is 17.7 Å². The summed E-state index contributed by atoms with van der Waals surface area (Å²) in [6.45, 7) is 8.75. The summed E-state index contributed by atoms with van der Waals surface area (Å²) >= 11 is 0. The van der Waals surface area contributed by atoms with Crippen molar-refractivity contribution >= 4 is 17.8 Å². The third kappa shape index (κ3) is 8.57. The summed E-state index contributed by atoms with van der Waals surface area (Å²) in [7, 11) is 0. The summed E-state index contributed by atoms with van der Waals surface area (Å²) in [5.41, 5.74) is 0.747. The smallest absolute Gasteiger partial charge is 0.408 e. The largest absolute Gasteiger partial charge is 0.508 e. The van der Waals surface area contributed by atoms with Crippen LogP contribution >= 0.6 is 0 Å². The van der Waals surface area contributed by atoms with Crippen molar-refractivity contribution in [1.82, 2.24) is 5.32 Å². The molecule has 0 aliphatic rings. The van der Waals surface area contributed by atoms with Gasteiger partial charge < -0.3 is 19.9 Å². The van der Waals surface area contributed by atoms with Crippen LogP contribution in [-0.2, 0) is 19.1 Å². The van der Waals surface area contributed by atoms with E-state index >= 15 is 0 Å². The maximum absolute atomic E-state index is 12.3. The van der Waals surface area contributed by atoms with Gasteiger partial charge >= 0.3 is 12.1 Å². The van der Waals surface area contributed by atoms with E-state index in [0.29, 0.717) is 5.56 Å². The number of esters is 1. The number of phenols is 1. The predicted molar refractivity (Wildman–Crippen MR) is 101 cm³/mol. The van der Waals surface area contributed by atoms with Gasteiger partial charge in [0.2, 0.25) is 0 Å². The molecule has 0 saturated carbocycles. The maximum atomic E-state index is 12.3. The number of aromatic hydroxyl groups is 1. The Morgan fingerprint density at radius 3 is 2.44 bits per heavy atom. The highest BCUT2D eigenvalue weighted by atomic mass is 16.6. The number of carbonyl (C=O) groups excluding carboxylic acids is 3. The number of ether oxygens (including phenoxy) is 2. The molecule has 7 heteroatoms. The number of Topliss-reactive ketones (excluding diaryl/α,β-unsaturated/α-hetero) is 1. The number of ketones is 1. The molecular formula is C20H29NO6. The average Bonchev–Trinajstić information content (AvgIpc) is 2.53. The van der Waals surface area contributed by atoms with Crippen molar-refractivity contribution in [3.8, 4) is 5.75 Å². The monoisotopic (exact) mass is 379 g/mol. The van der Waals surface area contributed by atoms with Gasteiger partial charge in [0.1, 0.15) is 11.4 Å². The number of phenolic OH excluding ortho intramolecular Hbond substituents is 1. The van der Waals surface area contributed by atoms with Crippen LogP contribution in [-0.4, -0.2) is 41.7 Å². The van der Waals surface area contributed by atoms with Gasteiger partial charge in [0.05, 0.1) is 19.6 Å². The van der Waals surface area contributed by atoms with Gasteiger partial charge in [-0.15, -0.1) is 0 Å². The minimum atomic E-state index is -0.684. The molecule has 7 nitrogen and oxygen atoms in total. The third-order valence-corrected chi connectivity index (χ3v) is 3.64. The summed E-state index contributed by atoms with van der Waals surface area (Å²) in [4.78, 5) is 35.9. The third-order valence-electron chi connectivity index (χ3n) is 3.64. The fourth-order valence-electron chi connectivity index (χ4n) is 2.55. The number of alkyl carbamates (subject to hydrolysis) is 1. The highest BCUT2D eigenvalue weighted by Crippen LogP contribution is 2.32. The molecule has 0 saturated heterocycles. The Morgan fingerprint density at radius 1 is 1.19 bits per heavy atom. The van der Waals surface area contributed by atoms with Crippen molar-refractivity contribution < 1.29 is 29.0 Å². The van der Waals surface area contributed by atoms with Crippen LogP contribution in [0.4, 0.5) is 4.79 Å². The summed E-state index contributed by atoms with van der Waals surface area (Å²) in [6.07, 6.45) is -0.745. The highest BCUT2D eigenvalue weighted by Gasteiger charge is 2.24. The second-order valence-electron chi connectivity index (χ2n) is 7.37. The van der Waals surface area contributed by atoms with Crippen molar-refractivity contribution in [3.05, 3.63) is 29.3 Å². The van der Waals surface area contributed by atoms with E-state index in [1.807, 2.05) is 6.92 Å². The van der Waals surface area contributed by atoms with E-state index in [9.17, 15) is 19.5 Å². The molecule has 0 aromatic heterocycles. The molecule has 27 heavy (non-hydrogen) atoms. The van der Waals surface area contributed by atoms with Crippen LogP contribution in [0.1, 0.15) is 57.6 Å². The van der Waals surface area contributed by atoms with Crippen LogP contribution < -0.4 is 5.32 Å². The van der Waals surface area contributed by atoms with Gasteiger partial charge in [-0.3, -0.25) is 9.59 Å². The lowest BCUT2D eigenvalue weighted by atomic mass is 9.89. The van der Waals surface area contributed by atoms with Crippen LogP contribution in [0.15, 0.2) is 18.2 Å². The molecule has 2 N–H and O–H groups in total. The fourth-order valence-corrected chi connectivity index (χ4v) is 2.55. The lowest BCUT2D eigenvalue weighted by Crippen LogP contribution is -2.35. The normalized spacial score (nSPS) is 12.2. The van der Waals surface area contributed by atoms with Crippen molar-refractivity contribution in [1.29, 1.82) is 0 Å². The minimum absolute atomic E-state index is 0.0165. The molecule has 1 unspecified atom stereocenters. The number of rotatable bonds is 8.